The third-order valence-corrected chi connectivity index (χ3v) is 8.19. The Balaban J connectivity index is 2.94. The van der Waals surface area contributed by atoms with Crippen LogP contribution in [-0.4, -0.2) is 82.4 Å². The number of nitro benzene ring substituents is 1. The molecule has 264 valence electrons. The Morgan fingerprint density at radius 2 is 1.64 bits per heavy atom. The van der Waals surface area contributed by atoms with E-state index < -0.39 is 67.9 Å². The van der Waals surface area contributed by atoms with Gasteiger partial charge in [0.05, 0.1) is 10.8 Å². The number of esters is 1. The lowest BCUT2D eigenvalue weighted by atomic mass is 10.1. The topological polar surface area (TPSA) is 249 Å². The zero-order valence-electron chi connectivity index (χ0n) is 27.1. The highest BCUT2D eigenvalue weighted by Crippen LogP contribution is 2.15. The molecule has 47 heavy (non-hydrogen) atoms. The molecule has 1 rings (SSSR count). The van der Waals surface area contributed by atoms with Crippen molar-refractivity contribution in [2.24, 2.45) is 5.92 Å². The molecule has 3 unspecified atom stereocenters. The number of carbonyl (C=O) groups is 5. The molecule has 19 heteroatoms. The van der Waals surface area contributed by atoms with Crippen LogP contribution in [0.15, 0.2) is 24.3 Å². The van der Waals surface area contributed by atoms with Gasteiger partial charge in [0, 0.05) is 31.2 Å². The maximum Gasteiger partial charge on any atom is 0.408 e. The quantitative estimate of drug-likeness (QED) is 0.0367. The SMILES string of the molecule is CC(=O)NCSCC(NC(=O)CCCC(NC(=O)OC(C)(C)C)C(=O)OCc1ccc([N+](=O)[O-])cc1)C(=O)NC(C(C)C)S(=O)(=O)O. The zero-order valence-corrected chi connectivity index (χ0v) is 28.7. The first-order valence-electron chi connectivity index (χ1n) is 14.5. The molecule has 0 aliphatic rings. The summed E-state index contributed by atoms with van der Waals surface area (Å²) in [5, 5.41) is 18.9. The Hall–Kier alpha value is -3.97. The normalized spacial score (nSPS) is 13.4. The fourth-order valence-electron chi connectivity index (χ4n) is 3.74. The third-order valence-electron chi connectivity index (χ3n) is 5.97. The summed E-state index contributed by atoms with van der Waals surface area (Å²) in [7, 11) is -4.66. The van der Waals surface area contributed by atoms with Crippen LogP contribution in [-0.2, 0) is 45.4 Å². The summed E-state index contributed by atoms with van der Waals surface area (Å²) in [6.45, 7) is 8.85. The van der Waals surface area contributed by atoms with E-state index in [1.54, 1.807) is 20.8 Å². The zero-order chi connectivity index (χ0) is 35.9. The van der Waals surface area contributed by atoms with Gasteiger partial charge in [-0.05, 0) is 57.2 Å². The number of amides is 4. The van der Waals surface area contributed by atoms with Gasteiger partial charge >= 0.3 is 12.1 Å². The van der Waals surface area contributed by atoms with Gasteiger partial charge in [0.2, 0.25) is 17.7 Å². The number of ether oxygens (including phenoxy) is 2. The lowest BCUT2D eigenvalue weighted by Gasteiger charge is -2.24. The van der Waals surface area contributed by atoms with Crippen molar-refractivity contribution in [3.05, 3.63) is 39.9 Å². The number of benzene rings is 1. The van der Waals surface area contributed by atoms with Crippen LogP contribution in [0.1, 0.15) is 66.4 Å². The Bertz CT molecular complexity index is 1360. The van der Waals surface area contributed by atoms with E-state index in [9.17, 15) is 47.1 Å². The Labute approximate surface area is 277 Å². The van der Waals surface area contributed by atoms with Gasteiger partial charge in [-0.2, -0.15) is 8.42 Å². The first kappa shape index (κ1) is 41.1. The van der Waals surface area contributed by atoms with Gasteiger partial charge in [-0.15, -0.1) is 11.8 Å². The van der Waals surface area contributed by atoms with Crippen LogP contribution < -0.4 is 21.3 Å². The second kappa shape index (κ2) is 19.0. The van der Waals surface area contributed by atoms with Crippen LogP contribution in [0.5, 0.6) is 0 Å². The molecule has 0 bridgehead atoms. The lowest BCUT2D eigenvalue weighted by Crippen LogP contribution is -2.54. The van der Waals surface area contributed by atoms with Crippen molar-refractivity contribution in [1.82, 2.24) is 21.3 Å². The number of carbonyl (C=O) groups excluding carboxylic acids is 5. The number of alkyl carbamates (subject to hydrolysis) is 1. The van der Waals surface area contributed by atoms with Crippen molar-refractivity contribution in [3.8, 4) is 0 Å². The molecule has 0 saturated carbocycles. The van der Waals surface area contributed by atoms with E-state index >= 15 is 0 Å². The van der Waals surface area contributed by atoms with Crippen molar-refractivity contribution >= 4 is 57.4 Å². The van der Waals surface area contributed by atoms with Crippen LogP contribution in [0.3, 0.4) is 0 Å². The van der Waals surface area contributed by atoms with Gasteiger partial charge in [0.15, 0.2) is 5.37 Å². The standard InChI is InChI=1S/C28H43N5O12S2/c1-17(2)25(47(41,42)43)32-24(36)22(15-46-16-29-18(3)34)30-23(35)9-7-8-21(31-27(38)45-28(4,5)6)26(37)44-14-19-10-12-20(13-11-19)33(39)40/h10-13,17,21-22,25H,7-9,14-16H2,1-6H3,(H,29,34)(H,30,35)(H,31,38)(H,32,36)(H,41,42,43). The highest BCUT2D eigenvalue weighted by atomic mass is 32.2. The van der Waals surface area contributed by atoms with Crippen LogP contribution in [0.4, 0.5) is 10.5 Å². The molecule has 0 fully saturated rings. The predicted octanol–water partition coefficient (Wildman–Crippen LogP) is 2.00. The minimum absolute atomic E-state index is 0.0198. The second-order valence-electron chi connectivity index (χ2n) is 11.7. The molecule has 3 atom stereocenters. The molecule has 4 amide bonds. The molecule has 5 N–H and O–H groups in total. The van der Waals surface area contributed by atoms with Gasteiger partial charge in [0.1, 0.15) is 24.3 Å². The number of hydrogen-bond donors (Lipinski definition) is 5. The third kappa shape index (κ3) is 17.0. The number of thioether (sulfide) groups is 1. The van der Waals surface area contributed by atoms with Crippen molar-refractivity contribution in [2.75, 3.05) is 11.6 Å². The molecular weight excluding hydrogens is 662 g/mol. The summed E-state index contributed by atoms with van der Waals surface area (Å²) in [6.07, 6.45) is -1.20. The van der Waals surface area contributed by atoms with Crippen molar-refractivity contribution in [1.29, 1.82) is 0 Å². The summed E-state index contributed by atoms with van der Waals surface area (Å²) in [5.74, 6) is -3.38. The average molecular weight is 706 g/mol. The van der Waals surface area contributed by atoms with E-state index in [0.29, 0.717) is 5.56 Å². The Morgan fingerprint density at radius 3 is 2.15 bits per heavy atom. The minimum Gasteiger partial charge on any atom is -0.459 e. The number of nitrogens with zero attached hydrogens (tertiary/aromatic N) is 1. The summed E-state index contributed by atoms with van der Waals surface area (Å²) in [6, 6.07) is 2.81. The maximum absolute atomic E-state index is 13.0. The van der Waals surface area contributed by atoms with Crippen LogP contribution in [0.25, 0.3) is 0 Å². The number of nitrogens with one attached hydrogen (secondary N) is 4. The number of hydrogen-bond acceptors (Lipinski definition) is 12. The highest BCUT2D eigenvalue weighted by molar-refractivity contribution is 7.99. The monoisotopic (exact) mass is 705 g/mol. The molecule has 0 aliphatic heterocycles. The first-order chi connectivity index (χ1) is 21.7. The van der Waals surface area contributed by atoms with Crippen LogP contribution >= 0.6 is 11.8 Å². The van der Waals surface area contributed by atoms with Crippen molar-refractivity contribution in [2.45, 2.75) is 90.5 Å². The van der Waals surface area contributed by atoms with Gasteiger partial charge < -0.3 is 30.7 Å². The van der Waals surface area contributed by atoms with Crippen molar-refractivity contribution < 1.29 is 51.3 Å². The molecule has 17 nitrogen and oxygen atoms in total. The molecule has 0 spiro atoms. The van der Waals surface area contributed by atoms with E-state index in [4.69, 9.17) is 9.47 Å². The van der Waals surface area contributed by atoms with E-state index in [0.717, 1.165) is 11.8 Å². The molecule has 0 aromatic heterocycles. The molecular formula is C28H43N5O12S2. The largest absolute Gasteiger partial charge is 0.459 e. The first-order valence-corrected chi connectivity index (χ1v) is 17.1. The molecule has 0 aliphatic carbocycles. The maximum atomic E-state index is 13.0. The number of rotatable bonds is 18. The van der Waals surface area contributed by atoms with Gasteiger partial charge in [-0.25, -0.2) is 9.59 Å². The number of non-ortho nitro benzene ring substituents is 1. The Kier molecular flexibility index (Phi) is 16.6. The molecule has 1 aromatic carbocycles. The fraction of sp³-hybridized carbons (Fsp3) is 0.607. The summed E-state index contributed by atoms with van der Waals surface area (Å²) in [5.41, 5.74) is -0.574. The summed E-state index contributed by atoms with van der Waals surface area (Å²) >= 11 is 1.08. The van der Waals surface area contributed by atoms with E-state index in [1.165, 1.54) is 45.0 Å². The average Bonchev–Trinajstić information content (AvgIpc) is 2.93. The predicted molar refractivity (Wildman–Crippen MR) is 171 cm³/mol. The van der Waals surface area contributed by atoms with Crippen molar-refractivity contribution in [3.63, 3.8) is 0 Å². The summed E-state index contributed by atoms with van der Waals surface area (Å²) < 4.78 is 43.6. The van der Waals surface area contributed by atoms with Gasteiger partial charge in [0.25, 0.3) is 15.8 Å². The van der Waals surface area contributed by atoms with Crippen LogP contribution in [0, 0.1) is 16.0 Å². The number of nitro groups is 1. The smallest absolute Gasteiger partial charge is 0.408 e. The van der Waals surface area contributed by atoms with Gasteiger partial charge in [-0.3, -0.25) is 29.1 Å². The second-order valence-corrected chi connectivity index (χ2v) is 14.2. The molecule has 0 saturated heterocycles. The fourth-order valence-corrected chi connectivity index (χ4v) is 5.59. The lowest BCUT2D eigenvalue weighted by molar-refractivity contribution is -0.384. The van der Waals surface area contributed by atoms with E-state index in [2.05, 4.69) is 21.3 Å². The molecule has 1 aromatic rings. The molecule has 0 heterocycles. The Morgan fingerprint density at radius 1 is 1.02 bits per heavy atom. The molecule has 0 radical (unpaired) electrons. The van der Waals surface area contributed by atoms with E-state index in [1.807, 2.05) is 0 Å². The highest BCUT2D eigenvalue weighted by Gasteiger charge is 2.32. The summed E-state index contributed by atoms with van der Waals surface area (Å²) in [4.78, 5) is 72.6. The van der Waals surface area contributed by atoms with Gasteiger partial charge in [-0.1, -0.05) is 13.8 Å². The van der Waals surface area contributed by atoms with Crippen LogP contribution in [0.2, 0.25) is 0 Å². The minimum atomic E-state index is -4.66. The van der Waals surface area contributed by atoms with E-state index in [-0.39, 0.29) is 49.1 Å².